The fourth-order valence-corrected chi connectivity index (χ4v) is 5.45. The fraction of sp³-hybridized carbons (Fsp3) is 0.806. The molecule has 0 aromatic heterocycles. The van der Waals surface area contributed by atoms with Gasteiger partial charge >= 0.3 is 8.60 Å². The molecule has 1 rings (SSSR count). The third-order valence-electron chi connectivity index (χ3n) is 7.09. The summed E-state index contributed by atoms with van der Waals surface area (Å²) >= 11 is 0. The molecular weight excluding hydrogens is 451 g/mol. The molecule has 0 spiro atoms. The normalized spacial score (nSPS) is 14.1. The molecule has 0 amide bonds. The lowest BCUT2D eigenvalue weighted by atomic mass is 10.0. The summed E-state index contributed by atoms with van der Waals surface area (Å²) in [6.45, 7) is 12.8. The predicted octanol–water partition coefficient (Wildman–Crippen LogP) is 11.1. The number of benzene rings is 1. The van der Waals surface area contributed by atoms with Gasteiger partial charge in [-0.25, -0.2) is 0 Å². The minimum atomic E-state index is -1.37. The van der Waals surface area contributed by atoms with Crippen LogP contribution in [0.25, 0.3) is 0 Å². The van der Waals surface area contributed by atoms with Crippen molar-refractivity contribution in [2.24, 2.45) is 11.8 Å². The molecule has 0 aliphatic rings. The molecule has 1 aromatic rings. The Bertz CT molecular complexity index is 557. The number of unbranched alkanes of at least 4 members (excludes halogenated alkanes) is 8. The molecule has 0 aliphatic heterocycles. The Kier molecular flexibility index (Phi) is 20.9. The summed E-state index contributed by atoms with van der Waals surface area (Å²) in [6, 6.07) is 8.63. The van der Waals surface area contributed by atoms with Gasteiger partial charge in [-0.3, -0.25) is 0 Å². The Morgan fingerprint density at radius 3 is 1.57 bits per heavy atom. The molecule has 0 bridgehead atoms. The summed E-state index contributed by atoms with van der Waals surface area (Å²) in [5, 5.41) is 0. The van der Waals surface area contributed by atoms with Crippen molar-refractivity contribution in [3.05, 3.63) is 29.8 Å². The van der Waals surface area contributed by atoms with E-state index < -0.39 is 8.60 Å². The Balaban J connectivity index is 2.57. The summed E-state index contributed by atoms with van der Waals surface area (Å²) in [5.41, 5.74) is 1.40. The van der Waals surface area contributed by atoms with Crippen LogP contribution in [0.15, 0.2) is 24.3 Å². The van der Waals surface area contributed by atoms with Gasteiger partial charge < -0.3 is 13.6 Å². The Hall–Kier alpha value is -0.630. The summed E-state index contributed by atoms with van der Waals surface area (Å²) in [6.07, 6.45) is 20.3. The van der Waals surface area contributed by atoms with Crippen molar-refractivity contribution in [3.63, 3.8) is 0 Å². The van der Waals surface area contributed by atoms with Crippen LogP contribution in [0.2, 0.25) is 0 Å². The zero-order valence-electron chi connectivity index (χ0n) is 23.9. The minimum absolute atomic E-state index is 0.582. The lowest BCUT2D eigenvalue weighted by molar-refractivity contribution is 0.152. The van der Waals surface area contributed by atoms with Gasteiger partial charge in [0.15, 0.2) is 0 Å². The number of hydrogen-bond donors (Lipinski definition) is 0. The van der Waals surface area contributed by atoms with E-state index in [1.807, 2.05) is 0 Å². The SMILES string of the molecule is CCCCCCCCCc1ccc(OP(OCC(CC)CCCC)OCC(CC)CCCC)cc1. The van der Waals surface area contributed by atoms with Crippen molar-refractivity contribution < 1.29 is 13.6 Å². The zero-order chi connectivity index (χ0) is 25.6. The van der Waals surface area contributed by atoms with Gasteiger partial charge in [0, 0.05) is 0 Å². The van der Waals surface area contributed by atoms with Crippen LogP contribution < -0.4 is 4.52 Å². The van der Waals surface area contributed by atoms with Crippen LogP contribution in [-0.4, -0.2) is 13.2 Å². The van der Waals surface area contributed by atoms with Crippen LogP contribution in [0, 0.1) is 11.8 Å². The molecule has 3 nitrogen and oxygen atoms in total. The van der Waals surface area contributed by atoms with Crippen LogP contribution in [-0.2, 0) is 15.5 Å². The molecule has 1 aromatic carbocycles. The van der Waals surface area contributed by atoms with E-state index >= 15 is 0 Å². The molecule has 4 heteroatoms. The van der Waals surface area contributed by atoms with Crippen LogP contribution in [0.5, 0.6) is 5.75 Å². The molecule has 0 radical (unpaired) electrons. The molecule has 0 heterocycles. The van der Waals surface area contributed by atoms with Crippen molar-refractivity contribution in [2.45, 2.75) is 137 Å². The monoisotopic (exact) mass is 508 g/mol. The van der Waals surface area contributed by atoms with Crippen LogP contribution in [0.1, 0.15) is 136 Å². The van der Waals surface area contributed by atoms with Gasteiger partial charge in [-0.1, -0.05) is 124 Å². The Morgan fingerprint density at radius 1 is 0.600 bits per heavy atom. The van der Waals surface area contributed by atoms with E-state index in [4.69, 9.17) is 13.6 Å². The summed E-state index contributed by atoms with van der Waals surface area (Å²) in [5.74, 6) is 2.03. The Morgan fingerprint density at radius 2 is 1.09 bits per heavy atom. The van der Waals surface area contributed by atoms with Gasteiger partial charge in [0.2, 0.25) is 0 Å². The topological polar surface area (TPSA) is 27.7 Å². The van der Waals surface area contributed by atoms with E-state index in [0.29, 0.717) is 11.8 Å². The average molecular weight is 509 g/mol. The molecule has 0 N–H and O–H groups in total. The van der Waals surface area contributed by atoms with E-state index in [2.05, 4.69) is 58.9 Å². The molecular formula is C31H57O3P. The van der Waals surface area contributed by atoms with Gasteiger partial charge in [0.05, 0.1) is 13.2 Å². The van der Waals surface area contributed by atoms with E-state index in [0.717, 1.165) is 38.2 Å². The molecule has 204 valence electrons. The summed E-state index contributed by atoms with van der Waals surface area (Å²) in [7, 11) is -1.37. The highest BCUT2D eigenvalue weighted by molar-refractivity contribution is 7.42. The molecule has 2 atom stereocenters. The third kappa shape index (κ3) is 16.7. The van der Waals surface area contributed by atoms with Gasteiger partial charge in [0.1, 0.15) is 5.75 Å². The van der Waals surface area contributed by atoms with Crippen LogP contribution in [0.4, 0.5) is 0 Å². The van der Waals surface area contributed by atoms with Crippen LogP contribution >= 0.6 is 8.60 Å². The maximum absolute atomic E-state index is 6.27. The van der Waals surface area contributed by atoms with Gasteiger partial charge in [-0.2, -0.15) is 0 Å². The first kappa shape index (κ1) is 32.4. The van der Waals surface area contributed by atoms with E-state index in [9.17, 15) is 0 Å². The van der Waals surface area contributed by atoms with Crippen LogP contribution in [0.3, 0.4) is 0 Å². The average Bonchev–Trinajstić information content (AvgIpc) is 2.89. The number of hydrogen-bond acceptors (Lipinski definition) is 3. The molecule has 2 unspecified atom stereocenters. The van der Waals surface area contributed by atoms with Gasteiger partial charge in [-0.15, -0.1) is 0 Å². The third-order valence-corrected chi connectivity index (χ3v) is 8.17. The van der Waals surface area contributed by atoms with Gasteiger partial charge in [0.25, 0.3) is 0 Å². The van der Waals surface area contributed by atoms with Crippen molar-refractivity contribution in [3.8, 4) is 5.75 Å². The first-order chi connectivity index (χ1) is 17.2. The van der Waals surface area contributed by atoms with Gasteiger partial charge in [-0.05, 0) is 55.2 Å². The lowest BCUT2D eigenvalue weighted by Gasteiger charge is -2.23. The van der Waals surface area contributed by atoms with E-state index in [1.54, 1.807) is 0 Å². The highest BCUT2D eigenvalue weighted by atomic mass is 31.2. The van der Waals surface area contributed by atoms with Crippen molar-refractivity contribution >= 4 is 8.60 Å². The van der Waals surface area contributed by atoms with Crippen molar-refractivity contribution in [1.29, 1.82) is 0 Å². The molecule has 35 heavy (non-hydrogen) atoms. The zero-order valence-corrected chi connectivity index (χ0v) is 24.8. The molecule has 0 fully saturated rings. The minimum Gasteiger partial charge on any atom is -0.427 e. The summed E-state index contributed by atoms with van der Waals surface area (Å²) < 4.78 is 18.8. The highest BCUT2D eigenvalue weighted by Crippen LogP contribution is 2.42. The fourth-order valence-electron chi connectivity index (χ4n) is 4.31. The second kappa shape index (κ2) is 22.6. The van der Waals surface area contributed by atoms with E-state index in [1.165, 1.54) is 89.0 Å². The first-order valence-corrected chi connectivity index (χ1v) is 16.1. The van der Waals surface area contributed by atoms with Crippen molar-refractivity contribution in [2.75, 3.05) is 13.2 Å². The molecule has 0 saturated carbocycles. The van der Waals surface area contributed by atoms with E-state index in [-0.39, 0.29) is 0 Å². The molecule has 0 aliphatic carbocycles. The number of rotatable bonds is 24. The first-order valence-electron chi connectivity index (χ1n) is 15.0. The van der Waals surface area contributed by atoms with Crippen molar-refractivity contribution in [1.82, 2.24) is 0 Å². The predicted molar refractivity (Wildman–Crippen MR) is 154 cm³/mol. The highest BCUT2D eigenvalue weighted by Gasteiger charge is 2.20. The summed E-state index contributed by atoms with van der Waals surface area (Å²) in [4.78, 5) is 0. The largest absolute Gasteiger partial charge is 0.427 e. The maximum atomic E-state index is 6.27. The Labute approximate surface area is 220 Å². The lowest BCUT2D eigenvalue weighted by Crippen LogP contribution is -2.12. The standard InChI is InChI=1S/C31H57O3P/c1-6-11-14-15-16-17-18-21-30-22-24-31(25-23-30)34-35(32-26-28(9-4)19-12-7-2)33-27-29(10-5)20-13-8-3/h22-25,28-29H,6-21,26-27H2,1-5H3. The second-order valence-corrected chi connectivity index (χ2v) is 11.4. The quantitative estimate of drug-likeness (QED) is 0.103. The second-order valence-electron chi connectivity index (χ2n) is 10.3. The smallest absolute Gasteiger partial charge is 0.397 e. The molecule has 0 saturated heterocycles. The number of aryl methyl sites for hydroxylation is 1. The maximum Gasteiger partial charge on any atom is 0.397 e.